The van der Waals surface area contributed by atoms with Gasteiger partial charge in [-0.3, -0.25) is 9.78 Å². The van der Waals surface area contributed by atoms with Crippen molar-refractivity contribution in [1.82, 2.24) is 10.3 Å². The van der Waals surface area contributed by atoms with Crippen molar-refractivity contribution in [2.75, 3.05) is 17.3 Å². The number of nitrogens with one attached hydrogen (secondary N) is 2. The highest BCUT2D eigenvalue weighted by molar-refractivity contribution is 9.10. The van der Waals surface area contributed by atoms with E-state index in [1.54, 1.807) is 20.2 Å². The number of anilines is 2. The normalized spacial score (nSPS) is 16.9. The number of ether oxygens (including phenoxy) is 1. The molecule has 9 heteroatoms. The van der Waals surface area contributed by atoms with Crippen LogP contribution in [0.3, 0.4) is 0 Å². The van der Waals surface area contributed by atoms with E-state index < -0.39 is 0 Å². The Kier molecular flexibility index (Phi) is 7.25. The van der Waals surface area contributed by atoms with Crippen LogP contribution >= 0.6 is 28.1 Å². The van der Waals surface area contributed by atoms with Crippen LogP contribution in [0.2, 0.25) is 0 Å². The maximum Gasteiger partial charge on any atom is 0.224 e. The molecule has 0 unspecified atom stereocenters. The molecule has 188 valence electrons. The van der Waals surface area contributed by atoms with Crippen LogP contribution in [0.1, 0.15) is 36.9 Å². The van der Waals surface area contributed by atoms with Crippen LogP contribution in [0.5, 0.6) is 5.75 Å². The number of pyridine rings is 1. The number of furan rings is 1. The van der Waals surface area contributed by atoms with E-state index >= 15 is 0 Å². The molecule has 0 spiro atoms. The number of carbonyl (C=O) groups is 1. The molecule has 4 aromatic rings. The molecule has 7 nitrogen and oxygen atoms in total. The van der Waals surface area contributed by atoms with E-state index in [2.05, 4.69) is 31.5 Å². The van der Waals surface area contributed by atoms with Crippen LogP contribution in [0.4, 0.5) is 11.4 Å². The van der Waals surface area contributed by atoms with Gasteiger partial charge in [0.05, 0.1) is 24.5 Å². The molecule has 2 atom stereocenters. The molecular formula is C28H25BrN4O3S. The Morgan fingerprint density at radius 1 is 1.16 bits per heavy atom. The molecule has 0 saturated carbocycles. The van der Waals surface area contributed by atoms with Gasteiger partial charge in [-0.25, -0.2) is 0 Å². The monoisotopic (exact) mass is 576 g/mol. The van der Waals surface area contributed by atoms with E-state index in [1.807, 2.05) is 77.7 Å². The number of thiocarbonyl (C=S) groups is 1. The molecular weight excluding hydrogens is 552 g/mol. The van der Waals surface area contributed by atoms with Gasteiger partial charge in [-0.2, -0.15) is 0 Å². The van der Waals surface area contributed by atoms with Gasteiger partial charge in [0.15, 0.2) is 5.11 Å². The van der Waals surface area contributed by atoms with Crippen molar-refractivity contribution < 1.29 is 13.9 Å². The summed E-state index contributed by atoms with van der Waals surface area (Å²) in [4.78, 5) is 18.6. The summed E-state index contributed by atoms with van der Waals surface area (Å²) in [5.74, 6) is 1.95. The number of benzene rings is 2. The first-order valence-electron chi connectivity index (χ1n) is 11.8. The highest BCUT2D eigenvalue weighted by Gasteiger charge is 2.42. The molecule has 0 bridgehead atoms. The van der Waals surface area contributed by atoms with Gasteiger partial charge in [-0.05, 0) is 60.7 Å². The Morgan fingerprint density at radius 2 is 1.97 bits per heavy atom. The number of nitrogens with zero attached hydrogens (tertiary/aromatic N) is 2. The van der Waals surface area contributed by atoms with E-state index in [-0.39, 0.29) is 18.0 Å². The number of carbonyl (C=O) groups excluding carboxylic acids is 1. The van der Waals surface area contributed by atoms with Gasteiger partial charge in [0.1, 0.15) is 23.3 Å². The quantitative estimate of drug-likeness (QED) is 0.239. The number of aromatic nitrogens is 1. The molecule has 1 fully saturated rings. The third kappa shape index (κ3) is 5.10. The van der Waals surface area contributed by atoms with Crippen molar-refractivity contribution in [3.05, 3.63) is 94.9 Å². The summed E-state index contributed by atoms with van der Waals surface area (Å²) in [6.07, 6.45) is 2.14. The fourth-order valence-electron chi connectivity index (χ4n) is 4.37. The number of rotatable bonds is 7. The molecule has 1 aliphatic heterocycles. The molecule has 1 aliphatic rings. The largest absolute Gasteiger partial charge is 0.494 e. The van der Waals surface area contributed by atoms with Gasteiger partial charge in [0.25, 0.3) is 0 Å². The summed E-state index contributed by atoms with van der Waals surface area (Å²) in [5.41, 5.74) is 3.22. The van der Waals surface area contributed by atoms with Crippen LogP contribution in [0.15, 0.2) is 87.9 Å². The second-order valence-electron chi connectivity index (χ2n) is 8.49. The predicted molar refractivity (Wildman–Crippen MR) is 152 cm³/mol. The third-order valence-corrected chi connectivity index (χ3v) is 7.05. The Hall–Kier alpha value is -3.69. The zero-order valence-electron chi connectivity index (χ0n) is 20.3. The first kappa shape index (κ1) is 25.0. The Labute approximate surface area is 229 Å². The van der Waals surface area contributed by atoms with Crippen molar-refractivity contribution in [2.45, 2.75) is 25.4 Å². The minimum absolute atomic E-state index is 0.0893. The van der Waals surface area contributed by atoms with Crippen molar-refractivity contribution in [1.29, 1.82) is 0 Å². The third-order valence-electron chi connectivity index (χ3n) is 6.20. The second kappa shape index (κ2) is 10.7. The maximum atomic E-state index is 12.0. The summed E-state index contributed by atoms with van der Waals surface area (Å²) in [6.45, 7) is 1.80. The number of hydrogen-bond acceptors (Lipinski definition) is 5. The van der Waals surface area contributed by atoms with Crippen LogP contribution in [0, 0.1) is 0 Å². The van der Waals surface area contributed by atoms with Gasteiger partial charge < -0.3 is 24.7 Å². The zero-order valence-corrected chi connectivity index (χ0v) is 22.7. The predicted octanol–water partition coefficient (Wildman–Crippen LogP) is 6.64. The van der Waals surface area contributed by atoms with Gasteiger partial charge in [-0.1, -0.05) is 41.1 Å². The van der Waals surface area contributed by atoms with Crippen molar-refractivity contribution in [2.24, 2.45) is 0 Å². The Morgan fingerprint density at radius 3 is 2.68 bits per heavy atom. The summed E-state index contributed by atoms with van der Waals surface area (Å²) in [7, 11) is 1.58. The maximum absolute atomic E-state index is 12.0. The minimum Gasteiger partial charge on any atom is -0.494 e. The second-order valence-corrected chi connectivity index (χ2v) is 9.79. The molecule has 1 amide bonds. The highest BCUT2D eigenvalue weighted by atomic mass is 79.9. The lowest BCUT2D eigenvalue weighted by atomic mass is 10.0. The summed E-state index contributed by atoms with van der Waals surface area (Å²) < 4.78 is 13.0. The first-order valence-corrected chi connectivity index (χ1v) is 13.0. The lowest BCUT2D eigenvalue weighted by Crippen LogP contribution is -2.29. The molecule has 37 heavy (non-hydrogen) atoms. The minimum atomic E-state index is -0.313. The van der Waals surface area contributed by atoms with E-state index in [0.717, 1.165) is 32.9 Å². The Balaban J connectivity index is 1.57. The van der Waals surface area contributed by atoms with E-state index in [0.29, 0.717) is 23.0 Å². The summed E-state index contributed by atoms with van der Waals surface area (Å²) >= 11 is 9.31. The standard InChI is InChI=1S/C28H25BrN4O3S/c1-3-25(34)31-20-12-11-19(16-24(20)35-2)33-27(26(32-28(33)37)21-6-4-5-15-30-21)23-14-13-22(36-23)17-7-9-18(29)10-8-17/h4-16,26-27H,3H2,1-2H3,(H,31,34)(H,32,37)/t26-,27-/m0/s1. The van der Waals surface area contributed by atoms with Gasteiger partial charge in [0.2, 0.25) is 5.91 Å². The van der Waals surface area contributed by atoms with Crippen molar-refractivity contribution in [3.63, 3.8) is 0 Å². The van der Waals surface area contributed by atoms with Crippen molar-refractivity contribution in [3.8, 4) is 17.1 Å². The number of amides is 1. The van der Waals surface area contributed by atoms with Gasteiger partial charge >= 0.3 is 0 Å². The van der Waals surface area contributed by atoms with Crippen LogP contribution < -0.4 is 20.3 Å². The summed E-state index contributed by atoms with van der Waals surface area (Å²) in [6, 6.07) is 22.8. The van der Waals surface area contributed by atoms with E-state index in [9.17, 15) is 4.79 Å². The molecule has 3 heterocycles. The molecule has 0 aliphatic carbocycles. The molecule has 2 aromatic carbocycles. The van der Waals surface area contributed by atoms with E-state index in [4.69, 9.17) is 21.4 Å². The van der Waals surface area contributed by atoms with Gasteiger partial charge in [-0.15, -0.1) is 0 Å². The SMILES string of the molecule is CCC(=O)Nc1ccc(N2C(=S)N[C@@H](c3ccccn3)[C@@H]2c2ccc(-c3ccc(Br)cc3)o2)cc1OC. The lowest BCUT2D eigenvalue weighted by molar-refractivity contribution is -0.115. The van der Waals surface area contributed by atoms with Crippen LogP contribution in [0.25, 0.3) is 11.3 Å². The number of methoxy groups -OCH3 is 1. The smallest absolute Gasteiger partial charge is 0.224 e. The molecule has 0 radical (unpaired) electrons. The molecule has 1 saturated heterocycles. The summed E-state index contributed by atoms with van der Waals surface area (Å²) in [5, 5.41) is 6.85. The molecule has 2 aromatic heterocycles. The average molecular weight is 578 g/mol. The average Bonchev–Trinajstić information content (AvgIpc) is 3.54. The topological polar surface area (TPSA) is 79.6 Å². The fraction of sp³-hybridized carbons (Fsp3) is 0.179. The van der Waals surface area contributed by atoms with Crippen molar-refractivity contribution >= 4 is 50.5 Å². The van der Waals surface area contributed by atoms with Crippen LogP contribution in [-0.4, -0.2) is 23.1 Å². The van der Waals surface area contributed by atoms with E-state index in [1.165, 1.54) is 0 Å². The number of hydrogen-bond donors (Lipinski definition) is 2. The highest BCUT2D eigenvalue weighted by Crippen LogP contribution is 2.44. The number of halogens is 1. The first-order chi connectivity index (χ1) is 18.0. The fourth-order valence-corrected chi connectivity index (χ4v) is 4.98. The lowest BCUT2D eigenvalue weighted by Gasteiger charge is -2.27. The Bertz CT molecular complexity index is 1430. The molecule has 5 rings (SSSR count). The zero-order chi connectivity index (χ0) is 25.9. The van der Waals surface area contributed by atoms with Crippen LogP contribution in [-0.2, 0) is 4.79 Å². The molecule has 2 N–H and O–H groups in total. The van der Waals surface area contributed by atoms with Gasteiger partial charge in [0, 0.05) is 34.4 Å².